The maximum absolute atomic E-state index is 10.1. The SMILES string of the molecule is Cc1c(Cl)nc(C2CC2)nc1N1CC(O)CC1CN(C)C. The van der Waals surface area contributed by atoms with E-state index in [1.807, 2.05) is 6.92 Å². The highest BCUT2D eigenvalue weighted by molar-refractivity contribution is 6.30. The van der Waals surface area contributed by atoms with Gasteiger partial charge in [0.2, 0.25) is 0 Å². The summed E-state index contributed by atoms with van der Waals surface area (Å²) in [6.07, 6.45) is 2.79. The molecule has 1 aliphatic carbocycles. The molecule has 2 heterocycles. The zero-order chi connectivity index (χ0) is 15.1. The van der Waals surface area contributed by atoms with E-state index in [0.717, 1.165) is 43.0 Å². The van der Waals surface area contributed by atoms with Crippen LogP contribution in [0.3, 0.4) is 0 Å². The topological polar surface area (TPSA) is 52.5 Å². The molecule has 2 aliphatic rings. The van der Waals surface area contributed by atoms with Gasteiger partial charge in [0.25, 0.3) is 0 Å². The number of halogens is 1. The van der Waals surface area contributed by atoms with Gasteiger partial charge in [0.15, 0.2) is 0 Å². The van der Waals surface area contributed by atoms with E-state index in [1.165, 1.54) is 0 Å². The van der Waals surface area contributed by atoms with Crippen LogP contribution in [0.2, 0.25) is 5.15 Å². The number of hydrogen-bond acceptors (Lipinski definition) is 5. The van der Waals surface area contributed by atoms with Gasteiger partial charge in [0.1, 0.15) is 16.8 Å². The Kier molecular flexibility index (Phi) is 4.08. The van der Waals surface area contributed by atoms with Crippen molar-refractivity contribution < 1.29 is 5.11 Å². The van der Waals surface area contributed by atoms with Crippen LogP contribution in [-0.4, -0.2) is 59.3 Å². The predicted molar refractivity (Wildman–Crippen MR) is 84.1 cm³/mol. The van der Waals surface area contributed by atoms with Crippen molar-refractivity contribution in [3.8, 4) is 0 Å². The number of rotatable bonds is 4. The molecule has 0 radical (unpaired) electrons. The molecule has 2 unspecified atom stereocenters. The van der Waals surface area contributed by atoms with E-state index in [9.17, 15) is 5.11 Å². The van der Waals surface area contributed by atoms with Gasteiger partial charge < -0.3 is 14.9 Å². The Bertz CT molecular complexity index is 533. The van der Waals surface area contributed by atoms with E-state index < -0.39 is 0 Å². The summed E-state index contributed by atoms with van der Waals surface area (Å²) in [6, 6.07) is 0.270. The van der Waals surface area contributed by atoms with Crippen LogP contribution in [0.1, 0.15) is 36.6 Å². The van der Waals surface area contributed by atoms with Crippen molar-refractivity contribution in [2.45, 2.75) is 44.2 Å². The molecule has 1 N–H and O–H groups in total. The number of hydrogen-bond donors (Lipinski definition) is 1. The standard InChI is InChI=1S/C15H23ClN4O/c1-9-13(16)17-14(10-4-5-10)18-15(9)20-8-12(21)6-11(20)7-19(2)3/h10-12,21H,4-8H2,1-3H3. The van der Waals surface area contributed by atoms with Crippen LogP contribution in [0.15, 0.2) is 0 Å². The maximum atomic E-state index is 10.1. The van der Waals surface area contributed by atoms with E-state index in [0.29, 0.717) is 17.6 Å². The van der Waals surface area contributed by atoms with Crippen LogP contribution in [0.5, 0.6) is 0 Å². The van der Waals surface area contributed by atoms with Gasteiger partial charge in [0, 0.05) is 30.6 Å². The Morgan fingerprint density at radius 3 is 2.67 bits per heavy atom. The second-order valence-electron chi connectivity index (χ2n) is 6.55. The van der Waals surface area contributed by atoms with Crippen LogP contribution >= 0.6 is 11.6 Å². The van der Waals surface area contributed by atoms with Gasteiger partial charge in [-0.15, -0.1) is 0 Å². The van der Waals surface area contributed by atoms with E-state index in [-0.39, 0.29) is 12.1 Å². The Labute approximate surface area is 130 Å². The molecule has 116 valence electrons. The molecule has 1 saturated carbocycles. The van der Waals surface area contributed by atoms with Crippen LogP contribution in [0, 0.1) is 6.92 Å². The molecule has 1 saturated heterocycles. The molecule has 1 aromatic heterocycles. The largest absolute Gasteiger partial charge is 0.391 e. The number of aromatic nitrogens is 2. The van der Waals surface area contributed by atoms with Gasteiger partial charge in [-0.05, 0) is 40.3 Å². The predicted octanol–water partition coefficient (Wildman–Crippen LogP) is 1.82. The van der Waals surface area contributed by atoms with E-state index in [2.05, 4.69) is 28.9 Å². The van der Waals surface area contributed by atoms with Gasteiger partial charge in [-0.25, -0.2) is 9.97 Å². The maximum Gasteiger partial charge on any atom is 0.137 e. The third-order valence-electron chi connectivity index (χ3n) is 4.26. The lowest BCUT2D eigenvalue weighted by Gasteiger charge is -2.29. The van der Waals surface area contributed by atoms with Gasteiger partial charge in [0.05, 0.1) is 6.10 Å². The molecule has 0 amide bonds. The Balaban J connectivity index is 1.93. The third kappa shape index (κ3) is 3.15. The second-order valence-corrected chi connectivity index (χ2v) is 6.91. The fourth-order valence-electron chi connectivity index (χ4n) is 3.04. The highest BCUT2D eigenvalue weighted by atomic mass is 35.5. The molecule has 5 nitrogen and oxygen atoms in total. The molecule has 2 fully saturated rings. The first kappa shape index (κ1) is 15.0. The zero-order valence-corrected chi connectivity index (χ0v) is 13.6. The van der Waals surface area contributed by atoms with Crippen molar-refractivity contribution in [3.05, 3.63) is 16.5 Å². The Morgan fingerprint density at radius 1 is 1.33 bits per heavy atom. The van der Waals surface area contributed by atoms with Crippen LogP contribution in [0.25, 0.3) is 0 Å². The van der Waals surface area contributed by atoms with Crippen LogP contribution < -0.4 is 4.90 Å². The number of β-amino-alcohol motifs (C(OH)–C–C–N with tert-alkyl or cyclic N) is 1. The lowest BCUT2D eigenvalue weighted by Crippen LogP contribution is -2.38. The van der Waals surface area contributed by atoms with Gasteiger partial charge in [-0.1, -0.05) is 11.6 Å². The quantitative estimate of drug-likeness (QED) is 0.860. The van der Waals surface area contributed by atoms with Crippen molar-refractivity contribution >= 4 is 17.4 Å². The molecule has 6 heteroatoms. The minimum Gasteiger partial charge on any atom is -0.391 e. The van der Waals surface area contributed by atoms with Gasteiger partial charge in [-0.2, -0.15) is 0 Å². The molecule has 3 rings (SSSR count). The normalized spacial score (nSPS) is 25.9. The fourth-order valence-corrected chi connectivity index (χ4v) is 3.21. The first-order valence-electron chi connectivity index (χ1n) is 7.59. The first-order chi connectivity index (χ1) is 9.95. The summed E-state index contributed by atoms with van der Waals surface area (Å²) in [5.74, 6) is 2.24. The van der Waals surface area contributed by atoms with Crippen molar-refractivity contribution in [3.63, 3.8) is 0 Å². The molecular formula is C15H23ClN4O. The van der Waals surface area contributed by atoms with Crippen molar-refractivity contribution in [2.24, 2.45) is 0 Å². The minimum absolute atomic E-state index is 0.270. The molecule has 0 spiro atoms. The summed E-state index contributed by atoms with van der Waals surface area (Å²) >= 11 is 6.31. The summed E-state index contributed by atoms with van der Waals surface area (Å²) in [5, 5.41) is 10.6. The molecule has 0 bridgehead atoms. The summed E-state index contributed by atoms with van der Waals surface area (Å²) < 4.78 is 0. The monoisotopic (exact) mass is 310 g/mol. The van der Waals surface area contributed by atoms with Crippen LogP contribution in [-0.2, 0) is 0 Å². The van der Waals surface area contributed by atoms with Crippen molar-refractivity contribution in [1.82, 2.24) is 14.9 Å². The zero-order valence-electron chi connectivity index (χ0n) is 12.9. The lowest BCUT2D eigenvalue weighted by molar-refractivity contribution is 0.191. The number of aliphatic hydroxyl groups excluding tert-OH is 1. The second kappa shape index (κ2) is 5.71. The summed E-state index contributed by atoms with van der Waals surface area (Å²) in [5.41, 5.74) is 0.916. The van der Waals surface area contributed by atoms with Gasteiger partial charge >= 0.3 is 0 Å². The van der Waals surface area contributed by atoms with Crippen LogP contribution in [0.4, 0.5) is 5.82 Å². The highest BCUT2D eigenvalue weighted by Crippen LogP contribution is 2.40. The summed E-state index contributed by atoms with van der Waals surface area (Å²) in [7, 11) is 4.11. The smallest absolute Gasteiger partial charge is 0.137 e. The Hall–Kier alpha value is -0.910. The third-order valence-corrected chi connectivity index (χ3v) is 4.63. The Morgan fingerprint density at radius 2 is 2.05 bits per heavy atom. The van der Waals surface area contributed by atoms with E-state index in [4.69, 9.17) is 16.6 Å². The van der Waals surface area contributed by atoms with Gasteiger partial charge in [-0.3, -0.25) is 0 Å². The number of anilines is 1. The highest BCUT2D eigenvalue weighted by Gasteiger charge is 2.35. The van der Waals surface area contributed by atoms with Crippen molar-refractivity contribution in [2.75, 3.05) is 32.1 Å². The molecular weight excluding hydrogens is 288 g/mol. The molecule has 1 aromatic rings. The average Bonchev–Trinajstić information content (AvgIpc) is 3.17. The minimum atomic E-state index is -0.299. The molecule has 2 atom stereocenters. The molecule has 0 aromatic carbocycles. The summed E-state index contributed by atoms with van der Waals surface area (Å²) in [6.45, 7) is 3.49. The average molecular weight is 311 g/mol. The first-order valence-corrected chi connectivity index (χ1v) is 7.97. The molecule has 21 heavy (non-hydrogen) atoms. The van der Waals surface area contributed by atoms with E-state index >= 15 is 0 Å². The van der Waals surface area contributed by atoms with Crippen molar-refractivity contribution in [1.29, 1.82) is 0 Å². The lowest BCUT2D eigenvalue weighted by atomic mass is 10.2. The number of aliphatic hydroxyl groups is 1. The number of nitrogens with zero attached hydrogens (tertiary/aromatic N) is 4. The van der Waals surface area contributed by atoms with E-state index in [1.54, 1.807) is 0 Å². The molecule has 1 aliphatic heterocycles. The number of likely N-dealkylation sites (N-methyl/N-ethyl adjacent to an activating group) is 1. The summed E-state index contributed by atoms with van der Waals surface area (Å²) in [4.78, 5) is 13.6. The fraction of sp³-hybridized carbons (Fsp3) is 0.733.